The first kappa shape index (κ1) is 10.7. The van der Waals surface area contributed by atoms with Crippen LogP contribution >= 0.6 is 0 Å². The molecule has 0 radical (unpaired) electrons. The molecule has 16 heavy (non-hydrogen) atoms. The fourth-order valence-electron chi connectivity index (χ4n) is 1.58. The van der Waals surface area contributed by atoms with Crippen molar-refractivity contribution in [2.24, 2.45) is 5.73 Å². The van der Waals surface area contributed by atoms with Crippen LogP contribution in [-0.2, 0) is 11.3 Å². The number of benzene rings is 1. The number of fused-ring (bicyclic) bond motifs is 1. The molecule has 84 valence electrons. The Morgan fingerprint density at radius 3 is 3.06 bits per heavy atom. The maximum atomic E-state index is 10.8. The van der Waals surface area contributed by atoms with E-state index in [1.54, 1.807) is 6.92 Å². The third kappa shape index (κ3) is 2.23. The smallest absolute Gasteiger partial charge is 0.234 e. The summed E-state index contributed by atoms with van der Waals surface area (Å²) in [5.41, 5.74) is 7.40. The van der Waals surface area contributed by atoms with Crippen molar-refractivity contribution < 1.29 is 4.79 Å². The van der Waals surface area contributed by atoms with E-state index in [4.69, 9.17) is 5.73 Å². The fourth-order valence-corrected chi connectivity index (χ4v) is 1.58. The number of aromatic amines is 1. The van der Waals surface area contributed by atoms with Gasteiger partial charge in [0.2, 0.25) is 5.91 Å². The zero-order valence-electron chi connectivity index (χ0n) is 9.16. The average molecular weight is 217 g/mol. The van der Waals surface area contributed by atoms with Crippen molar-refractivity contribution in [1.29, 1.82) is 0 Å². The number of primary amides is 1. The summed E-state index contributed by atoms with van der Waals surface area (Å²) < 4.78 is 0. The van der Waals surface area contributed by atoms with E-state index in [0.29, 0.717) is 6.54 Å². The van der Waals surface area contributed by atoms with Crippen molar-refractivity contribution in [3.8, 4) is 0 Å². The Labute approximate surface area is 93.8 Å². The predicted molar refractivity (Wildman–Crippen MR) is 63.8 cm³/mol. The number of carbonyl (C=O) groups excluding carboxylic acids is 1. The van der Waals surface area contributed by atoms with Gasteiger partial charge in [0, 0.05) is 18.3 Å². The maximum absolute atomic E-state index is 10.8. The first-order chi connectivity index (χ1) is 7.66. The molecule has 1 atom stereocenters. The van der Waals surface area contributed by atoms with Crippen LogP contribution in [0.3, 0.4) is 0 Å². The molecular weight excluding hydrogens is 202 g/mol. The Kier molecular flexibility index (Phi) is 2.92. The minimum absolute atomic E-state index is 0.306. The summed E-state index contributed by atoms with van der Waals surface area (Å²) in [5.74, 6) is -0.332. The second-order valence-electron chi connectivity index (χ2n) is 3.90. The molecule has 4 nitrogen and oxygen atoms in total. The van der Waals surface area contributed by atoms with Crippen LogP contribution in [0, 0.1) is 0 Å². The Hall–Kier alpha value is -1.81. The first-order valence-corrected chi connectivity index (χ1v) is 5.25. The number of aromatic nitrogens is 1. The first-order valence-electron chi connectivity index (χ1n) is 5.25. The molecule has 0 spiro atoms. The van der Waals surface area contributed by atoms with Crippen LogP contribution in [0.2, 0.25) is 0 Å². The highest BCUT2D eigenvalue weighted by molar-refractivity contribution is 5.80. The van der Waals surface area contributed by atoms with E-state index >= 15 is 0 Å². The van der Waals surface area contributed by atoms with Gasteiger partial charge in [-0.05, 0) is 30.0 Å². The number of hydrogen-bond donors (Lipinski definition) is 3. The van der Waals surface area contributed by atoms with Crippen LogP contribution in [0.4, 0.5) is 0 Å². The molecule has 1 amide bonds. The zero-order chi connectivity index (χ0) is 11.5. The SMILES string of the molecule is CC(NCc1ccc2cc[nH]c2c1)C(N)=O. The summed E-state index contributed by atoms with van der Waals surface area (Å²) in [4.78, 5) is 14.0. The Morgan fingerprint density at radius 2 is 2.31 bits per heavy atom. The summed E-state index contributed by atoms with van der Waals surface area (Å²) >= 11 is 0. The van der Waals surface area contributed by atoms with E-state index in [2.05, 4.69) is 22.4 Å². The van der Waals surface area contributed by atoms with Gasteiger partial charge in [0.15, 0.2) is 0 Å². The lowest BCUT2D eigenvalue weighted by atomic mass is 10.1. The molecule has 2 aromatic rings. The molecule has 0 saturated heterocycles. The van der Waals surface area contributed by atoms with Gasteiger partial charge in [0.25, 0.3) is 0 Å². The third-order valence-electron chi connectivity index (χ3n) is 2.66. The number of amides is 1. The number of hydrogen-bond acceptors (Lipinski definition) is 2. The standard InChI is InChI=1S/C12H15N3O/c1-8(12(13)16)15-7-9-2-3-10-4-5-14-11(10)6-9/h2-6,8,14-15H,7H2,1H3,(H2,13,16). The lowest BCUT2D eigenvalue weighted by Gasteiger charge is -2.09. The number of rotatable bonds is 4. The van der Waals surface area contributed by atoms with Crippen LogP contribution in [-0.4, -0.2) is 16.9 Å². The van der Waals surface area contributed by atoms with Crippen LogP contribution in [0.5, 0.6) is 0 Å². The number of nitrogens with two attached hydrogens (primary N) is 1. The van der Waals surface area contributed by atoms with Gasteiger partial charge in [-0.25, -0.2) is 0 Å². The summed E-state index contributed by atoms with van der Waals surface area (Å²) in [6.07, 6.45) is 1.91. The van der Waals surface area contributed by atoms with Crippen LogP contribution in [0.1, 0.15) is 12.5 Å². The topological polar surface area (TPSA) is 70.9 Å². The summed E-state index contributed by atoms with van der Waals surface area (Å²) in [6.45, 7) is 2.40. The van der Waals surface area contributed by atoms with Crippen LogP contribution in [0.25, 0.3) is 10.9 Å². The highest BCUT2D eigenvalue weighted by Crippen LogP contribution is 2.13. The highest BCUT2D eigenvalue weighted by Gasteiger charge is 2.07. The molecule has 4 N–H and O–H groups in total. The Bertz CT molecular complexity index is 504. The van der Waals surface area contributed by atoms with E-state index in [-0.39, 0.29) is 11.9 Å². The Balaban J connectivity index is 2.06. The van der Waals surface area contributed by atoms with Crippen LogP contribution in [0.15, 0.2) is 30.5 Å². The third-order valence-corrected chi connectivity index (χ3v) is 2.66. The van der Waals surface area contributed by atoms with E-state index in [1.165, 1.54) is 5.39 Å². The van der Waals surface area contributed by atoms with Gasteiger partial charge >= 0.3 is 0 Å². The number of carbonyl (C=O) groups is 1. The second kappa shape index (κ2) is 4.37. The molecule has 0 aliphatic carbocycles. The van der Waals surface area contributed by atoms with Crippen molar-refractivity contribution >= 4 is 16.8 Å². The van der Waals surface area contributed by atoms with Gasteiger partial charge in [-0.1, -0.05) is 12.1 Å². The van der Waals surface area contributed by atoms with Crippen molar-refractivity contribution in [3.05, 3.63) is 36.0 Å². The highest BCUT2D eigenvalue weighted by atomic mass is 16.1. The second-order valence-corrected chi connectivity index (χ2v) is 3.90. The van der Waals surface area contributed by atoms with Gasteiger partial charge in [-0.2, -0.15) is 0 Å². The predicted octanol–water partition coefficient (Wildman–Crippen LogP) is 1.13. The molecule has 4 heteroatoms. The van der Waals surface area contributed by atoms with Gasteiger partial charge in [0.1, 0.15) is 0 Å². The van der Waals surface area contributed by atoms with Crippen molar-refractivity contribution in [2.75, 3.05) is 0 Å². The lowest BCUT2D eigenvalue weighted by molar-refractivity contribution is -0.119. The summed E-state index contributed by atoms with van der Waals surface area (Å²) in [5, 5.41) is 4.25. The molecule has 1 heterocycles. The van der Waals surface area contributed by atoms with Crippen LogP contribution < -0.4 is 11.1 Å². The van der Waals surface area contributed by atoms with Crippen molar-refractivity contribution in [3.63, 3.8) is 0 Å². The molecule has 0 fully saturated rings. The summed E-state index contributed by atoms with van der Waals surface area (Å²) in [6, 6.07) is 7.88. The lowest BCUT2D eigenvalue weighted by Crippen LogP contribution is -2.38. The Morgan fingerprint density at radius 1 is 1.50 bits per heavy atom. The van der Waals surface area contributed by atoms with E-state index in [1.807, 2.05) is 18.3 Å². The van der Waals surface area contributed by atoms with Crippen molar-refractivity contribution in [1.82, 2.24) is 10.3 Å². The molecule has 2 rings (SSSR count). The van der Waals surface area contributed by atoms with Crippen molar-refractivity contribution in [2.45, 2.75) is 19.5 Å². The monoisotopic (exact) mass is 217 g/mol. The molecule has 0 aliphatic heterocycles. The zero-order valence-corrected chi connectivity index (χ0v) is 9.16. The molecule has 1 aromatic heterocycles. The molecular formula is C12H15N3O. The number of H-pyrrole nitrogens is 1. The average Bonchev–Trinajstić information content (AvgIpc) is 2.72. The fraction of sp³-hybridized carbons (Fsp3) is 0.250. The normalized spacial score (nSPS) is 12.8. The quantitative estimate of drug-likeness (QED) is 0.718. The largest absolute Gasteiger partial charge is 0.368 e. The van der Waals surface area contributed by atoms with Gasteiger partial charge in [-0.3, -0.25) is 4.79 Å². The molecule has 1 aromatic carbocycles. The molecule has 1 unspecified atom stereocenters. The maximum Gasteiger partial charge on any atom is 0.234 e. The van der Waals surface area contributed by atoms with Gasteiger partial charge < -0.3 is 16.0 Å². The van der Waals surface area contributed by atoms with Gasteiger partial charge in [0.05, 0.1) is 6.04 Å². The minimum atomic E-state index is -0.332. The molecule has 0 bridgehead atoms. The van der Waals surface area contributed by atoms with Gasteiger partial charge in [-0.15, -0.1) is 0 Å². The molecule has 0 saturated carbocycles. The summed E-state index contributed by atoms with van der Waals surface area (Å²) in [7, 11) is 0. The van der Waals surface area contributed by atoms with E-state index < -0.39 is 0 Å². The molecule has 0 aliphatic rings. The van der Waals surface area contributed by atoms with E-state index in [9.17, 15) is 4.79 Å². The minimum Gasteiger partial charge on any atom is -0.368 e. The van der Waals surface area contributed by atoms with E-state index in [0.717, 1.165) is 11.1 Å². The number of nitrogens with one attached hydrogen (secondary N) is 2.